The molecule has 0 saturated heterocycles. The number of hydrogen-bond acceptors (Lipinski definition) is 6. The fraction of sp³-hybridized carbons (Fsp3) is 0.241. The maximum absolute atomic E-state index is 13.6. The van der Waals surface area contributed by atoms with Crippen LogP contribution in [0.25, 0.3) is 17.1 Å². The molecule has 1 saturated carbocycles. The lowest BCUT2D eigenvalue weighted by atomic mass is 10.1. The van der Waals surface area contributed by atoms with Crippen LogP contribution in [0.5, 0.6) is 0 Å². The van der Waals surface area contributed by atoms with Crippen LogP contribution in [0, 0.1) is 5.41 Å². The van der Waals surface area contributed by atoms with Crippen molar-refractivity contribution in [3.05, 3.63) is 109 Å². The van der Waals surface area contributed by atoms with Gasteiger partial charge in [0.25, 0.3) is 5.56 Å². The second-order valence-corrected chi connectivity index (χ2v) is 10.7. The van der Waals surface area contributed by atoms with Crippen molar-refractivity contribution in [1.82, 2.24) is 19.4 Å². The van der Waals surface area contributed by atoms with E-state index in [2.05, 4.69) is 15.6 Å². The molecule has 198 valence electrons. The van der Waals surface area contributed by atoms with Crippen molar-refractivity contribution in [2.24, 2.45) is 12.0 Å². The third-order valence-corrected chi connectivity index (χ3v) is 7.75. The van der Waals surface area contributed by atoms with E-state index in [1.54, 1.807) is 23.7 Å². The van der Waals surface area contributed by atoms with Crippen LogP contribution in [-0.4, -0.2) is 20.2 Å². The molecule has 0 spiro atoms. The fourth-order valence-corrected chi connectivity index (χ4v) is 5.88. The van der Waals surface area contributed by atoms with Crippen LogP contribution in [0.1, 0.15) is 30.9 Å². The zero-order valence-electron chi connectivity index (χ0n) is 21.3. The van der Waals surface area contributed by atoms with E-state index in [1.807, 2.05) is 59.2 Å². The van der Waals surface area contributed by atoms with E-state index in [4.69, 9.17) is 33.6 Å². The Bertz CT molecular complexity index is 1780. The molecule has 3 N–H and O–H groups in total. The summed E-state index contributed by atoms with van der Waals surface area (Å²) >= 11 is 12.2. The first kappa shape index (κ1) is 25.4. The number of para-hydroxylation sites is 1. The van der Waals surface area contributed by atoms with Crippen LogP contribution >= 0.6 is 23.2 Å². The molecule has 0 amide bonds. The average molecular weight is 560 g/mol. The van der Waals surface area contributed by atoms with Gasteiger partial charge in [0, 0.05) is 29.9 Å². The monoisotopic (exact) mass is 559 g/mol. The number of benzene rings is 2. The number of halogens is 2. The van der Waals surface area contributed by atoms with Gasteiger partial charge in [0.1, 0.15) is 21.7 Å². The van der Waals surface area contributed by atoms with Crippen LogP contribution in [0.3, 0.4) is 0 Å². The highest BCUT2D eigenvalue weighted by Gasteiger charge is 2.35. The smallest absolute Gasteiger partial charge is 0.267 e. The molecule has 6 rings (SSSR count). The highest BCUT2D eigenvalue weighted by Crippen LogP contribution is 2.32. The van der Waals surface area contributed by atoms with Gasteiger partial charge >= 0.3 is 0 Å². The first-order valence-corrected chi connectivity index (χ1v) is 13.6. The molecular weight excluding hydrogens is 533 g/mol. The number of fused-ring (bicyclic) bond motifs is 3. The molecule has 2 atom stereocenters. The minimum atomic E-state index is -0.264. The summed E-state index contributed by atoms with van der Waals surface area (Å²) in [6.07, 6.45) is 3.02. The standard InChI is InChI=1S/C29H27Cl2N7O/c1-37-28(39)25(26(32)38-23-9-5-8-21(23)36-29(37)38)27(34-20-6-3-2-4-7-20)33-16-17-10-12-18(13-11-17)22-14-19(30)15-24(31)35-22/h2-4,6-7,10-15,21,23,32-34H,5,8-9,16H2,1H3/b27-25-,32-26?. The predicted octanol–water partition coefficient (Wildman–Crippen LogP) is 3.73. The van der Waals surface area contributed by atoms with Gasteiger partial charge < -0.3 is 10.6 Å². The molecule has 2 aromatic carbocycles. The topological polar surface area (TPSA) is 100 Å². The Morgan fingerprint density at radius 3 is 2.59 bits per heavy atom. The Balaban J connectivity index is 1.39. The number of pyridine rings is 1. The molecular formula is C29H27Cl2N7O. The lowest BCUT2D eigenvalue weighted by molar-refractivity contribution is 0.465. The highest BCUT2D eigenvalue weighted by atomic mass is 35.5. The van der Waals surface area contributed by atoms with Gasteiger partial charge in [-0.2, -0.15) is 0 Å². The van der Waals surface area contributed by atoms with E-state index < -0.39 is 0 Å². The van der Waals surface area contributed by atoms with Crippen LogP contribution in [-0.2, 0) is 13.6 Å². The van der Waals surface area contributed by atoms with Crippen molar-refractivity contribution >= 4 is 34.7 Å². The van der Waals surface area contributed by atoms with Gasteiger partial charge in [-0.15, -0.1) is 0 Å². The summed E-state index contributed by atoms with van der Waals surface area (Å²) in [5.74, 6) is 0.482. The van der Waals surface area contributed by atoms with Gasteiger partial charge in [0.2, 0.25) is 5.62 Å². The van der Waals surface area contributed by atoms with E-state index in [0.29, 0.717) is 39.1 Å². The van der Waals surface area contributed by atoms with Crippen molar-refractivity contribution < 1.29 is 0 Å². The quantitative estimate of drug-likeness (QED) is 0.313. The van der Waals surface area contributed by atoms with Crippen LogP contribution in [0.4, 0.5) is 5.69 Å². The van der Waals surface area contributed by atoms with Crippen molar-refractivity contribution in [3.63, 3.8) is 0 Å². The van der Waals surface area contributed by atoms with E-state index in [0.717, 1.165) is 36.1 Å². The van der Waals surface area contributed by atoms with Gasteiger partial charge in [0.15, 0.2) is 0 Å². The molecule has 39 heavy (non-hydrogen) atoms. The second kappa shape index (κ2) is 10.4. The summed E-state index contributed by atoms with van der Waals surface area (Å²) in [7, 11) is 1.73. The van der Waals surface area contributed by atoms with Crippen molar-refractivity contribution in [2.75, 3.05) is 5.32 Å². The van der Waals surface area contributed by atoms with E-state index in [-0.39, 0.29) is 23.1 Å². The Hall–Kier alpha value is -3.88. The third-order valence-electron chi connectivity index (χ3n) is 7.34. The summed E-state index contributed by atoms with van der Waals surface area (Å²) in [6, 6.07) is 21.2. The molecule has 2 unspecified atom stereocenters. The molecule has 10 heteroatoms. The number of rotatable bonds is 6. The molecule has 2 aromatic heterocycles. The SMILES string of the molecule is Cn1c(=O)/c(=C(/NCc2ccc(-c3cc(Cl)cc(Cl)n3)cc2)Nc2ccccc2)c(=N)n2c1=NC1CCCC12. The molecule has 4 aromatic rings. The molecule has 2 aliphatic rings. The van der Waals surface area contributed by atoms with Gasteiger partial charge in [-0.05, 0) is 49.1 Å². The van der Waals surface area contributed by atoms with Crippen molar-refractivity contribution in [3.8, 4) is 11.3 Å². The normalized spacial score (nSPS) is 18.2. The lowest BCUT2D eigenvalue weighted by Gasteiger charge is -2.17. The average Bonchev–Trinajstić information content (AvgIpc) is 3.53. The molecule has 1 fully saturated rings. The Labute approximate surface area is 234 Å². The maximum atomic E-state index is 13.6. The van der Waals surface area contributed by atoms with Gasteiger partial charge in [-0.3, -0.25) is 19.3 Å². The van der Waals surface area contributed by atoms with E-state index in [1.165, 1.54) is 0 Å². The summed E-state index contributed by atoms with van der Waals surface area (Å²) in [4.78, 5) is 22.8. The fourth-order valence-electron chi connectivity index (χ4n) is 5.41. The van der Waals surface area contributed by atoms with E-state index in [9.17, 15) is 4.79 Å². The number of hydrogen-bond donors (Lipinski definition) is 3. The summed E-state index contributed by atoms with van der Waals surface area (Å²) in [6.45, 7) is 0.431. The second-order valence-electron chi connectivity index (χ2n) is 9.86. The zero-order valence-corrected chi connectivity index (χ0v) is 22.8. The molecule has 8 nitrogen and oxygen atoms in total. The van der Waals surface area contributed by atoms with Gasteiger partial charge in [-0.25, -0.2) is 9.98 Å². The Kier molecular flexibility index (Phi) is 6.74. The molecule has 1 aliphatic carbocycles. The summed E-state index contributed by atoms with van der Waals surface area (Å²) in [5.41, 5.74) is 3.88. The van der Waals surface area contributed by atoms with Crippen molar-refractivity contribution in [2.45, 2.75) is 37.9 Å². The van der Waals surface area contributed by atoms with Gasteiger partial charge in [0.05, 0.1) is 17.8 Å². The Morgan fingerprint density at radius 2 is 1.85 bits per heavy atom. The summed E-state index contributed by atoms with van der Waals surface area (Å²) < 4.78 is 3.50. The zero-order chi connectivity index (χ0) is 27.1. The number of aromatic nitrogens is 3. The Morgan fingerprint density at radius 1 is 1.08 bits per heavy atom. The van der Waals surface area contributed by atoms with Crippen LogP contribution in [0.2, 0.25) is 10.2 Å². The maximum Gasteiger partial charge on any atom is 0.267 e. The lowest BCUT2D eigenvalue weighted by Crippen LogP contribution is -2.59. The van der Waals surface area contributed by atoms with Gasteiger partial charge in [-0.1, -0.05) is 65.7 Å². The predicted molar refractivity (Wildman–Crippen MR) is 153 cm³/mol. The van der Waals surface area contributed by atoms with Crippen LogP contribution in [0.15, 0.2) is 76.5 Å². The van der Waals surface area contributed by atoms with Crippen LogP contribution < -0.4 is 32.5 Å². The number of nitrogens with one attached hydrogen (secondary N) is 3. The van der Waals surface area contributed by atoms with E-state index >= 15 is 0 Å². The minimum Gasteiger partial charge on any atom is -0.367 e. The summed E-state index contributed by atoms with van der Waals surface area (Å²) in [5, 5.41) is 17.0. The first-order valence-electron chi connectivity index (χ1n) is 12.9. The highest BCUT2D eigenvalue weighted by molar-refractivity contribution is 6.34. The largest absolute Gasteiger partial charge is 0.367 e. The minimum absolute atomic E-state index is 0.122. The molecule has 3 heterocycles. The molecule has 0 radical (unpaired) electrons. The number of nitrogens with zero attached hydrogens (tertiary/aromatic N) is 4. The van der Waals surface area contributed by atoms with Crippen molar-refractivity contribution in [1.29, 1.82) is 5.41 Å². The third kappa shape index (κ3) is 4.86. The molecule has 1 aliphatic heterocycles. The molecule has 0 bridgehead atoms. The first-order chi connectivity index (χ1) is 18.9. The number of anilines is 1.